The monoisotopic (exact) mass is 546 g/mol. The number of carbonyl (C=O) groups excluding carboxylic acids is 2. The number of aliphatic hydroxyl groups excluding tert-OH is 1. The number of aliphatic hydroxyl groups is 1. The highest BCUT2D eigenvalue weighted by Crippen LogP contribution is 2.31. The maximum absolute atomic E-state index is 14.0. The number of nitrogens with one attached hydrogen (secondary N) is 2. The number of benzene rings is 1. The highest BCUT2D eigenvalue weighted by molar-refractivity contribution is 7.11. The SMILES string of the molecule is CN1CCN(CCC(O)CCNC(=O)Nc2snc(OCc3cc(F)c(Cl)cc3F)c2C(N)=O)CC1. The number of ether oxygens (including phenoxy) is 1. The molecule has 3 rings (SSSR count). The summed E-state index contributed by atoms with van der Waals surface area (Å²) >= 11 is 6.28. The van der Waals surface area contributed by atoms with Crippen LogP contribution in [0.3, 0.4) is 0 Å². The van der Waals surface area contributed by atoms with Crippen molar-refractivity contribution in [3.63, 3.8) is 0 Å². The number of urea groups is 1. The lowest BCUT2D eigenvalue weighted by atomic mass is 10.1. The Morgan fingerprint density at radius 3 is 2.67 bits per heavy atom. The van der Waals surface area contributed by atoms with E-state index in [2.05, 4.69) is 31.9 Å². The summed E-state index contributed by atoms with van der Waals surface area (Å²) in [5, 5.41) is 15.0. The Bertz CT molecular complexity index is 1070. The molecule has 2 aromatic rings. The summed E-state index contributed by atoms with van der Waals surface area (Å²) in [6, 6.07) is 1.07. The summed E-state index contributed by atoms with van der Waals surface area (Å²) in [7, 11) is 2.08. The second kappa shape index (κ2) is 13.1. The van der Waals surface area contributed by atoms with Crippen molar-refractivity contribution >= 4 is 40.1 Å². The van der Waals surface area contributed by atoms with Crippen LogP contribution in [-0.4, -0.2) is 83.6 Å². The topological polar surface area (TPSA) is 133 Å². The largest absolute Gasteiger partial charge is 0.471 e. The first kappa shape index (κ1) is 28.0. The van der Waals surface area contributed by atoms with Gasteiger partial charge in [0.15, 0.2) is 0 Å². The van der Waals surface area contributed by atoms with Gasteiger partial charge in [0.2, 0.25) is 5.88 Å². The normalized spacial score (nSPS) is 15.5. The van der Waals surface area contributed by atoms with Crippen LogP contribution in [-0.2, 0) is 6.61 Å². The summed E-state index contributed by atoms with van der Waals surface area (Å²) in [4.78, 5) is 28.8. The molecule has 5 N–H and O–H groups in total. The van der Waals surface area contributed by atoms with Gasteiger partial charge in [-0.1, -0.05) is 11.6 Å². The summed E-state index contributed by atoms with van der Waals surface area (Å²) < 4.78 is 36.9. The number of nitrogens with two attached hydrogens (primary N) is 1. The van der Waals surface area contributed by atoms with E-state index >= 15 is 0 Å². The highest BCUT2D eigenvalue weighted by atomic mass is 35.5. The maximum Gasteiger partial charge on any atom is 0.319 e. The van der Waals surface area contributed by atoms with Crippen LogP contribution in [0.2, 0.25) is 5.02 Å². The van der Waals surface area contributed by atoms with Crippen LogP contribution in [0.25, 0.3) is 0 Å². The fourth-order valence-electron chi connectivity index (χ4n) is 3.54. The number of primary amides is 1. The molecule has 0 bridgehead atoms. The van der Waals surface area contributed by atoms with E-state index in [9.17, 15) is 23.5 Å². The number of hydrogen-bond acceptors (Lipinski definition) is 8. The molecule has 14 heteroatoms. The molecule has 2 heterocycles. The molecule has 1 saturated heterocycles. The first-order chi connectivity index (χ1) is 17.1. The first-order valence-electron chi connectivity index (χ1n) is 11.3. The minimum Gasteiger partial charge on any atom is -0.471 e. The van der Waals surface area contributed by atoms with Gasteiger partial charge in [0.05, 0.1) is 11.1 Å². The van der Waals surface area contributed by atoms with E-state index in [1.165, 1.54) is 0 Å². The van der Waals surface area contributed by atoms with Gasteiger partial charge < -0.3 is 30.7 Å². The highest BCUT2D eigenvalue weighted by Gasteiger charge is 2.23. The van der Waals surface area contributed by atoms with Crippen LogP contribution >= 0.6 is 23.1 Å². The summed E-state index contributed by atoms with van der Waals surface area (Å²) in [6.07, 6.45) is 0.406. The van der Waals surface area contributed by atoms with Gasteiger partial charge in [-0.15, -0.1) is 0 Å². The molecule has 0 aliphatic carbocycles. The Hall–Kier alpha value is -2.58. The molecule has 1 atom stereocenters. The zero-order chi connectivity index (χ0) is 26.2. The predicted octanol–water partition coefficient (Wildman–Crippen LogP) is 2.26. The number of anilines is 1. The molecule has 0 spiro atoms. The van der Waals surface area contributed by atoms with E-state index in [4.69, 9.17) is 22.1 Å². The Balaban J connectivity index is 1.46. The molecule has 1 unspecified atom stereocenters. The average molecular weight is 547 g/mol. The summed E-state index contributed by atoms with van der Waals surface area (Å²) in [5.74, 6) is -2.76. The Morgan fingerprint density at radius 2 is 1.97 bits per heavy atom. The summed E-state index contributed by atoms with van der Waals surface area (Å²) in [6.45, 7) is 4.51. The smallest absolute Gasteiger partial charge is 0.319 e. The molecular formula is C22H29ClF2N6O4S. The van der Waals surface area contributed by atoms with Gasteiger partial charge in [0.25, 0.3) is 5.91 Å². The molecule has 1 aliphatic rings. The zero-order valence-corrected chi connectivity index (χ0v) is 21.3. The van der Waals surface area contributed by atoms with E-state index in [-0.39, 0.29) is 33.6 Å². The molecule has 1 aromatic carbocycles. The van der Waals surface area contributed by atoms with Gasteiger partial charge in [-0.3, -0.25) is 10.1 Å². The van der Waals surface area contributed by atoms with Gasteiger partial charge in [-0.2, -0.15) is 4.37 Å². The molecule has 0 radical (unpaired) electrons. The van der Waals surface area contributed by atoms with Gasteiger partial charge >= 0.3 is 6.03 Å². The lowest BCUT2D eigenvalue weighted by Crippen LogP contribution is -2.45. The fraction of sp³-hybridized carbons (Fsp3) is 0.500. The van der Waals surface area contributed by atoms with Gasteiger partial charge in [-0.25, -0.2) is 13.6 Å². The molecule has 36 heavy (non-hydrogen) atoms. The van der Waals surface area contributed by atoms with E-state index < -0.39 is 36.3 Å². The second-order valence-corrected chi connectivity index (χ2v) is 9.64. The van der Waals surface area contributed by atoms with E-state index in [1.54, 1.807) is 0 Å². The van der Waals surface area contributed by atoms with E-state index in [0.717, 1.165) is 56.4 Å². The third-order valence-corrected chi connectivity index (χ3v) is 6.76. The van der Waals surface area contributed by atoms with E-state index in [1.807, 2.05) is 0 Å². The molecule has 1 aromatic heterocycles. The number of carbonyl (C=O) groups is 2. The van der Waals surface area contributed by atoms with Crippen molar-refractivity contribution in [2.24, 2.45) is 5.73 Å². The number of piperazine rings is 1. The van der Waals surface area contributed by atoms with Crippen molar-refractivity contribution in [1.82, 2.24) is 19.5 Å². The standard InChI is InChI=1S/C22H29ClF2N6O4S/c1-30-6-8-31(9-7-30)5-3-14(32)2-4-27-22(34)28-21-18(19(26)33)20(29-36-21)35-12-13-10-17(25)15(23)11-16(13)24/h10-11,14,32H,2-9,12H2,1H3,(H2,26,33)(H2,27,28,34). The Morgan fingerprint density at radius 1 is 1.25 bits per heavy atom. The lowest BCUT2D eigenvalue weighted by molar-refractivity contribution is 0.0996. The molecule has 0 saturated carbocycles. The van der Waals surface area contributed by atoms with Gasteiger partial charge in [0.1, 0.15) is 28.8 Å². The lowest BCUT2D eigenvalue weighted by Gasteiger charge is -2.32. The third kappa shape index (κ3) is 7.96. The van der Waals surface area contributed by atoms with Crippen molar-refractivity contribution in [2.45, 2.75) is 25.6 Å². The molecule has 10 nitrogen and oxygen atoms in total. The van der Waals surface area contributed by atoms with Crippen molar-refractivity contribution < 1.29 is 28.2 Å². The number of hydrogen-bond donors (Lipinski definition) is 4. The number of amides is 3. The van der Waals surface area contributed by atoms with Crippen LogP contribution in [0, 0.1) is 11.6 Å². The molecular weight excluding hydrogens is 518 g/mol. The third-order valence-electron chi connectivity index (χ3n) is 5.73. The number of halogens is 3. The van der Waals surface area contributed by atoms with Crippen molar-refractivity contribution in [1.29, 1.82) is 0 Å². The number of nitrogens with zero attached hydrogens (tertiary/aromatic N) is 3. The molecule has 3 amide bonds. The van der Waals surface area contributed by atoms with Crippen LogP contribution in [0.4, 0.5) is 18.6 Å². The van der Waals surface area contributed by atoms with Crippen molar-refractivity contribution in [3.05, 3.63) is 39.9 Å². The van der Waals surface area contributed by atoms with Crippen molar-refractivity contribution in [3.8, 4) is 5.88 Å². The minimum absolute atomic E-state index is 0.0355. The average Bonchev–Trinajstić information content (AvgIpc) is 3.22. The number of rotatable bonds is 11. The van der Waals surface area contributed by atoms with Gasteiger partial charge in [-0.05, 0) is 43.6 Å². The minimum atomic E-state index is -0.920. The molecule has 198 valence electrons. The molecule has 1 aliphatic heterocycles. The quantitative estimate of drug-likeness (QED) is 0.318. The van der Waals surface area contributed by atoms with Crippen LogP contribution in [0.5, 0.6) is 5.88 Å². The maximum atomic E-state index is 14.0. The van der Waals surface area contributed by atoms with Crippen molar-refractivity contribution in [2.75, 3.05) is 51.6 Å². The van der Waals surface area contributed by atoms with Crippen LogP contribution in [0.1, 0.15) is 28.8 Å². The predicted molar refractivity (Wildman–Crippen MR) is 133 cm³/mol. The number of aromatic nitrogens is 1. The Labute approximate surface area is 216 Å². The fourth-order valence-corrected chi connectivity index (χ4v) is 4.43. The van der Waals surface area contributed by atoms with Gasteiger partial charge in [0, 0.05) is 44.8 Å². The first-order valence-corrected chi connectivity index (χ1v) is 12.5. The van der Waals surface area contributed by atoms with Crippen LogP contribution < -0.4 is 21.1 Å². The van der Waals surface area contributed by atoms with E-state index in [0.29, 0.717) is 12.8 Å². The zero-order valence-electron chi connectivity index (χ0n) is 19.7. The van der Waals surface area contributed by atoms with Crippen LogP contribution in [0.15, 0.2) is 12.1 Å². The summed E-state index contributed by atoms with van der Waals surface area (Å²) in [5.41, 5.74) is 5.07. The second-order valence-electron chi connectivity index (χ2n) is 8.46. The Kier molecular flexibility index (Phi) is 10.2. The number of likely N-dealkylation sites (N-methyl/N-ethyl adjacent to an activating group) is 1. The molecule has 1 fully saturated rings.